The van der Waals surface area contributed by atoms with Crippen molar-refractivity contribution >= 4 is 21.6 Å². The lowest BCUT2D eigenvalue weighted by Crippen LogP contribution is -2.50. The molecule has 0 spiro atoms. The first-order valence-electron chi connectivity index (χ1n) is 8.45. The van der Waals surface area contributed by atoms with Gasteiger partial charge in [0.05, 0.1) is 11.9 Å². The molecule has 0 bridgehead atoms. The molecule has 8 heteroatoms. The molecule has 1 atom stereocenters. The van der Waals surface area contributed by atoms with Gasteiger partial charge in [0.1, 0.15) is 6.04 Å². The van der Waals surface area contributed by atoms with Crippen LogP contribution < -0.4 is 9.62 Å². The van der Waals surface area contributed by atoms with Gasteiger partial charge in [0.25, 0.3) is 0 Å². The molecule has 1 amide bonds. The topological polar surface area (TPSA) is 66.5 Å². The minimum absolute atomic E-state index is 0.0174. The van der Waals surface area contributed by atoms with E-state index in [1.807, 2.05) is 0 Å². The van der Waals surface area contributed by atoms with Gasteiger partial charge in [-0.3, -0.25) is 9.10 Å². The average molecular weight is 374 g/mol. The smallest absolute Gasteiger partial charge is 0.243 e. The minimum atomic E-state index is -3.86. The summed E-state index contributed by atoms with van der Waals surface area (Å²) in [7, 11) is -3.86. The van der Waals surface area contributed by atoms with E-state index in [0.29, 0.717) is 0 Å². The van der Waals surface area contributed by atoms with Gasteiger partial charge in [-0.2, -0.15) is 0 Å². The van der Waals surface area contributed by atoms with Crippen LogP contribution in [0.2, 0.25) is 0 Å². The highest BCUT2D eigenvalue weighted by molar-refractivity contribution is 7.92. The maximum absolute atomic E-state index is 13.5. The van der Waals surface area contributed by atoms with E-state index in [1.165, 1.54) is 6.92 Å². The second kappa shape index (κ2) is 8.12. The van der Waals surface area contributed by atoms with E-state index in [9.17, 15) is 22.0 Å². The first-order valence-corrected chi connectivity index (χ1v) is 10.3. The van der Waals surface area contributed by atoms with Crippen molar-refractivity contribution in [3.05, 3.63) is 29.8 Å². The van der Waals surface area contributed by atoms with Crippen LogP contribution in [-0.2, 0) is 14.8 Å². The van der Waals surface area contributed by atoms with E-state index >= 15 is 0 Å². The molecule has 2 rings (SSSR count). The van der Waals surface area contributed by atoms with E-state index in [-0.39, 0.29) is 11.7 Å². The van der Waals surface area contributed by atoms with Crippen molar-refractivity contribution in [3.8, 4) is 0 Å². The number of halogens is 2. The molecule has 0 aromatic heterocycles. The highest BCUT2D eigenvalue weighted by atomic mass is 32.2. The Morgan fingerprint density at radius 1 is 1.16 bits per heavy atom. The Morgan fingerprint density at radius 3 is 2.28 bits per heavy atom. The Bertz CT molecular complexity index is 717. The lowest BCUT2D eigenvalue weighted by atomic mass is 10.1. The number of hydrogen-bond acceptors (Lipinski definition) is 3. The summed E-state index contributed by atoms with van der Waals surface area (Å²) in [6, 6.07) is 1.73. The number of carbonyl (C=O) groups is 1. The van der Waals surface area contributed by atoms with Crippen LogP contribution in [0.4, 0.5) is 14.5 Å². The maximum atomic E-state index is 13.5. The molecule has 1 aromatic carbocycles. The molecule has 1 N–H and O–H groups in total. The normalized spacial score (nSPS) is 17.6. The van der Waals surface area contributed by atoms with Crippen LogP contribution >= 0.6 is 0 Å². The SMILES string of the molecule is C[C@@H](C(=O)NC1CCCCCC1)N(c1ccc(F)c(F)c1)S(C)(=O)=O. The van der Waals surface area contributed by atoms with Crippen LogP contribution in [0.3, 0.4) is 0 Å². The van der Waals surface area contributed by atoms with Gasteiger partial charge in [-0.25, -0.2) is 17.2 Å². The second-order valence-electron chi connectivity index (χ2n) is 6.53. The van der Waals surface area contributed by atoms with Crippen LogP contribution in [0.1, 0.15) is 45.4 Å². The molecular formula is C17H24F2N2O3S. The molecule has 1 fully saturated rings. The third kappa shape index (κ3) is 5.14. The fourth-order valence-electron chi connectivity index (χ4n) is 3.18. The number of carbonyl (C=O) groups excluding carboxylic acids is 1. The van der Waals surface area contributed by atoms with Gasteiger partial charge in [-0.15, -0.1) is 0 Å². The second-order valence-corrected chi connectivity index (χ2v) is 8.39. The van der Waals surface area contributed by atoms with Crippen LogP contribution in [0, 0.1) is 11.6 Å². The number of hydrogen-bond donors (Lipinski definition) is 1. The van der Waals surface area contributed by atoms with E-state index in [4.69, 9.17) is 0 Å². The highest BCUT2D eigenvalue weighted by Crippen LogP contribution is 2.24. The van der Waals surface area contributed by atoms with Crippen molar-refractivity contribution in [2.24, 2.45) is 0 Å². The van der Waals surface area contributed by atoms with Crippen molar-refractivity contribution in [1.82, 2.24) is 5.32 Å². The van der Waals surface area contributed by atoms with Crippen LogP contribution in [-0.4, -0.2) is 32.7 Å². The summed E-state index contributed by atoms with van der Waals surface area (Å²) in [6.45, 7) is 1.44. The molecule has 1 saturated carbocycles. The molecule has 25 heavy (non-hydrogen) atoms. The molecule has 0 aliphatic heterocycles. The number of nitrogens with one attached hydrogen (secondary N) is 1. The summed E-state index contributed by atoms with van der Waals surface area (Å²) in [5.74, 6) is -2.68. The van der Waals surface area contributed by atoms with Gasteiger partial charge in [-0.1, -0.05) is 25.7 Å². The lowest BCUT2D eigenvalue weighted by Gasteiger charge is -2.29. The number of amides is 1. The Labute approximate surface area is 147 Å². The van der Waals surface area contributed by atoms with Gasteiger partial charge in [0.15, 0.2) is 11.6 Å². The first kappa shape index (κ1) is 19.6. The zero-order valence-corrected chi connectivity index (χ0v) is 15.3. The molecule has 0 radical (unpaired) electrons. The molecule has 1 aliphatic rings. The Balaban J connectivity index is 2.21. The molecular weight excluding hydrogens is 350 g/mol. The van der Waals surface area contributed by atoms with Crippen molar-refractivity contribution in [2.75, 3.05) is 10.6 Å². The van der Waals surface area contributed by atoms with E-state index in [2.05, 4.69) is 5.32 Å². The third-order valence-electron chi connectivity index (χ3n) is 4.45. The zero-order valence-electron chi connectivity index (χ0n) is 14.5. The standard InChI is InChI=1S/C17H24F2N2O3S/c1-12(17(22)20-13-7-5-3-4-6-8-13)21(25(2,23)24)14-9-10-15(18)16(19)11-14/h9-13H,3-8H2,1-2H3,(H,20,22)/t12-/m0/s1. The molecule has 140 valence electrons. The quantitative estimate of drug-likeness (QED) is 0.806. The minimum Gasteiger partial charge on any atom is -0.352 e. The summed E-state index contributed by atoms with van der Waals surface area (Å²) < 4.78 is 51.8. The van der Waals surface area contributed by atoms with Crippen molar-refractivity contribution in [1.29, 1.82) is 0 Å². The number of benzene rings is 1. The van der Waals surface area contributed by atoms with E-state index in [1.54, 1.807) is 0 Å². The van der Waals surface area contributed by atoms with E-state index < -0.39 is 33.6 Å². The van der Waals surface area contributed by atoms with Crippen molar-refractivity contribution in [2.45, 2.75) is 57.5 Å². The number of nitrogens with zero attached hydrogens (tertiary/aromatic N) is 1. The van der Waals surface area contributed by atoms with Crippen LogP contribution in [0.15, 0.2) is 18.2 Å². The predicted octanol–water partition coefficient (Wildman–Crippen LogP) is 2.96. The van der Waals surface area contributed by atoms with Gasteiger partial charge in [0.2, 0.25) is 15.9 Å². The average Bonchev–Trinajstić information content (AvgIpc) is 2.78. The number of rotatable bonds is 5. The highest BCUT2D eigenvalue weighted by Gasteiger charge is 2.30. The summed E-state index contributed by atoms with van der Waals surface area (Å²) in [4.78, 5) is 12.6. The molecule has 0 heterocycles. The first-order chi connectivity index (χ1) is 11.7. The Kier molecular flexibility index (Phi) is 6.37. The third-order valence-corrected chi connectivity index (χ3v) is 5.69. The van der Waals surface area contributed by atoms with Gasteiger partial charge >= 0.3 is 0 Å². The Hall–Kier alpha value is -1.70. The number of sulfonamides is 1. The van der Waals surface area contributed by atoms with Crippen molar-refractivity contribution < 1.29 is 22.0 Å². The maximum Gasteiger partial charge on any atom is 0.243 e. The fourth-order valence-corrected chi connectivity index (χ4v) is 4.34. The lowest BCUT2D eigenvalue weighted by molar-refractivity contribution is -0.122. The fraction of sp³-hybridized carbons (Fsp3) is 0.588. The van der Waals surface area contributed by atoms with Crippen LogP contribution in [0.25, 0.3) is 0 Å². The van der Waals surface area contributed by atoms with Crippen molar-refractivity contribution in [3.63, 3.8) is 0 Å². The number of anilines is 1. The monoisotopic (exact) mass is 374 g/mol. The summed E-state index contributed by atoms with van der Waals surface area (Å²) >= 11 is 0. The Morgan fingerprint density at radius 2 is 1.76 bits per heavy atom. The van der Waals surface area contributed by atoms with Gasteiger partial charge in [-0.05, 0) is 31.9 Å². The molecule has 0 saturated heterocycles. The van der Waals surface area contributed by atoms with Crippen LogP contribution in [0.5, 0.6) is 0 Å². The largest absolute Gasteiger partial charge is 0.352 e. The summed E-state index contributed by atoms with van der Waals surface area (Å²) in [6.07, 6.45) is 6.98. The molecule has 1 aromatic rings. The molecule has 1 aliphatic carbocycles. The summed E-state index contributed by atoms with van der Waals surface area (Å²) in [5, 5.41) is 2.89. The summed E-state index contributed by atoms with van der Waals surface area (Å²) in [5.41, 5.74) is -0.0788. The molecule has 0 unspecified atom stereocenters. The van der Waals surface area contributed by atoms with E-state index in [0.717, 1.165) is 67.3 Å². The van der Waals surface area contributed by atoms with Gasteiger partial charge < -0.3 is 5.32 Å². The molecule has 5 nitrogen and oxygen atoms in total. The zero-order chi connectivity index (χ0) is 18.6. The van der Waals surface area contributed by atoms with Gasteiger partial charge in [0, 0.05) is 12.1 Å². The predicted molar refractivity (Wildman–Crippen MR) is 92.8 cm³/mol.